The molecule has 1 N–H and O–H groups in total. The zero-order valence-electron chi connectivity index (χ0n) is 10.9. The average molecular weight is 295 g/mol. The molecule has 7 heteroatoms. The van der Waals surface area contributed by atoms with E-state index in [0.29, 0.717) is 0 Å². The van der Waals surface area contributed by atoms with Crippen molar-refractivity contribution in [3.63, 3.8) is 0 Å². The average Bonchev–Trinajstić information content (AvgIpc) is 2.40. The van der Waals surface area contributed by atoms with Crippen LogP contribution in [0, 0.1) is 21.7 Å². The molecule has 0 saturated heterocycles. The number of nitrogens with zero attached hydrogens (tertiary/aromatic N) is 1. The molecule has 0 heterocycles. The van der Waals surface area contributed by atoms with Crippen molar-refractivity contribution in [2.75, 3.05) is 0 Å². The zero-order chi connectivity index (χ0) is 15.6. The van der Waals surface area contributed by atoms with Crippen LogP contribution in [-0.2, 0) is 0 Å². The lowest BCUT2D eigenvalue weighted by molar-refractivity contribution is -0.385. The Morgan fingerprint density at radius 3 is 2.43 bits per heavy atom. The number of hydrogen-bond acceptors (Lipinski definition) is 4. The summed E-state index contributed by atoms with van der Waals surface area (Å²) in [5.74, 6) is -2.51. The quantitative estimate of drug-likeness (QED) is 0.689. The van der Waals surface area contributed by atoms with E-state index in [4.69, 9.17) is 4.74 Å². The van der Waals surface area contributed by atoms with Crippen LogP contribution >= 0.6 is 0 Å². The number of benzene rings is 2. The summed E-state index contributed by atoms with van der Waals surface area (Å²) in [6.07, 6.45) is -1.22. The number of nitro groups is 1. The summed E-state index contributed by atoms with van der Waals surface area (Å²) in [6, 6.07) is 6.92. The number of aliphatic hydroxyl groups excluding tert-OH is 1. The predicted octanol–water partition coefficient (Wildman–Crippen LogP) is 3.72. The highest BCUT2D eigenvalue weighted by Gasteiger charge is 2.23. The summed E-state index contributed by atoms with van der Waals surface area (Å²) in [7, 11) is 0. The van der Waals surface area contributed by atoms with Gasteiger partial charge in [-0.05, 0) is 25.1 Å². The van der Waals surface area contributed by atoms with Crippen molar-refractivity contribution in [3.05, 3.63) is 63.7 Å². The molecule has 0 aliphatic heterocycles. The minimum absolute atomic E-state index is 0.182. The zero-order valence-corrected chi connectivity index (χ0v) is 10.9. The number of rotatable bonds is 4. The molecule has 0 fully saturated rings. The molecule has 5 nitrogen and oxygen atoms in total. The van der Waals surface area contributed by atoms with Crippen molar-refractivity contribution in [1.82, 2.24) is 0 Å². The topological polar surface area (TPSA) is 72.6 Å². The van der Waals surface area contributed by atoms with Crippen LogP contribution in [0.5, 0.6) is 11.5 Å². The van der Waals surface area contributed by atoms with Gasteiger partial charge in [0.15, 0.2) is 5.82 Å². The molecule has 0 saturated carbocycles. The standard InChI is InChI=1S/C14H11F2NO4/c1-8(18)13-9(15)4-3-7-12(13)21-14-10(16)5-2-6-11(14)17(19)20/h2-8,18H,1H3/t8-/m0/s1. The highest BCUT2D eigenvalue weighted by atomic mass is 19.1. The molecule has 0 radical (unpaired) electrons. The van der Waals surface area contributed by atoms with Gasteiger partial charge in [-0.3, -0.25) is 10.1 Å². The first-order valence-corrected chi connectivity index (χ1v) is 5.99. The Labute approximate surface area is 118 Å². The molecule has 0 spiro atoms. The number of hydrogen-bond donors (Lipinski definition) is 1. The van der Waals surface area contributed by atoms with Crippen LogP contribution in [0.25, 0.3) is 0 Å². The van der Waals surface area contributed by atoms with Crippen molar-refractivity contribution in [3.8, 4) is 11.5 Å². The second-order valence-corrected chi connectivity index (χ2v) is 4.27. The van der Waals surface area contributed by atoms with Gasteiger partial charge in [-0.15, -0.1) is 0 Å². The Morgan fingerprint density at radius 2 is 1.81 bits per heavy atom. The smallest absolute Gasteiger partial charge is 0.314 e. The molecule has 2 aromatic carbocycles. The Morgan fingerprint density at radius 1 is 1.19 bits per heavy atom. The highest BCUT2D eigenvalue weighted by Crippen LogP contribution is 2.37. The van der Waals surface area contributed by atoms with Gasteiger partial charge in [0.25, 0.3) is 0 Å². The largest absolute Gasteiger partial charge is 0.447 e. The van der Waals surface area contributed by atoms with Crippen LogP contribution in [0.1, 0.15) is 18.6 Å². The summed E-state index contributed by atoms with van der Waals surface area (Å²) in [4.78, 5) is 10.1. The van der Waals surface area contributed by atoms with Gasteiger partial charge in [-0.1, -0.05) is 12.1 Å². The van der Waals surface area contributed by atoms with E-state index in [1.807, 2.05) is 0 Å². The maximum atomic E-state index is 13.7. The first-order chi connectivity index (χ1) is 9.91. The van der Waals surface area contributed by atoms with E-state index in [9.17, 15) is 24.0 Å². The van der Waals surface area contributed by atoms with E-state index in [1.54, 1.807) is 0 Å². The fraction of sp³-hybridized carbons (Fsp3) is 0.143. The van der Waals surface area contributed by atoms with Crippen molar-refractivity contribution < 1.29 is 23.5 Å². The summed E-state index contributed by atoms with van der Waals surface area (Å²) < 4.78 is 32.6. The monoisotopic (exact) mass is 295 g/mol. The van der Waals surface area contributed by atoms with Gasteiger partial charge < -0.3 is 9.84 Å². The minimum Gasteiger partial charge on any atom is -0.447 e. The van der Waals surface area contributed by atoms with Gasteiger partial charge in [0, 0.05) is 6.07 Å². The van der Waals surface area contributed by atoms with E-state index in [2.05, 4.69) is 0 Å². The lowest BCUT2D eigenvalue weighted by Gasteiger charge is -2.14. The fourth-order valence-corrected chi connectivity index (χ4v) is 1.86. The maximum Gasteiger partial charge on any atom is 0.314 e. The highest BCUT2D eigenvalue weighted by molar-refractivity contribution is 5.50. The van der Waals surface area contributed by atoms with E-state index in [1.165, 1.54) is 25.1 Å². The van der Waals surface area contributed by atoms with Gasteiger partial charge in [-0.2, -0.15) is 0 Å². The Kier molecular flexibility index (Phi) is 4.13. The van der Waals surface area contributed by atoms with Crippen LogP contribution in [-0.4, -0.2) is 10.0 Å². The summed E-state index contributed by atoms with van der Waals surface area (Å²) >= 11 is 0. The SMILES string of the molecule is C[C@H](O)c1c(F)cccc1Oc1c(F)cccc1[N+](=O)[O-]. The molecule has 110 valence electrons. The normalized spacial score (nSPS) is 12.0. The number of halogens is 2. The van der Waals surface area contributed by atoms with Crippen LogP contribution in [0.3, 0.4) is 0 Å². The molecule has 0 unspecified atom stereocenters. The number of aliphatic hydroxyl groups is 1. The minimum atomic E-state index is -1.22. The van der Waals surface area contributed by atoms with Crippen LogP contribution in [0.2, 0.25) is 0 Å². The van der Waals surface area contributed by atoms with Crippen LogP contribution in [0.15, 0.2) is 36.4 Å². The number of nitro benzene ring substituents is 1. The summed E-state index contributed by atoms with van der Waals surface area (Å²) in [5, 5.41) is 20.4. The van der Waals surface area contributed by atoms with Gasteiger partial charge >= 0.3 is 5.69 Å². The molecule has 0 bridgehead atoms. The first kappa shape index (κ1) is 14.9. The number of ether oxygens (including phenoxy) is 1. The van der Waals surface area contributed by atoms with E-state index < -0.39 is 34.1 Å². The molecule has 21 heavy (non-hydrogen) atoms. The van der Waals surface area contributed by atoms with Crippen molar-refractivity contribution in [2.45, 2.75) is 13.0 Å². The Hall–Kier alpha value is -2.54. The third-order valence-electron chi connectivity index (χ3n) is 2.79. The van der Waals surface area contributed by atoms with E-state index >= 15 is 0 Å². The lowest BCUT2D eigenvalue weighted by Crippen LogP contribution is -2.02. The molecule has 0 aliphatic rings. The fourth-order valence-electron chi connectivity index (χ4n) is 1.86. The molecule has 0 aromatic heterocycles. The third kappa shape index (κ3) is 2.97. The third-order valence-corrected chi connectivity index (χ3v) is 2.79. The van der Waals surface area contributed by atoms with E-state index in [0.717, 1.165) is 18.2 Å². The Bertz CT molecular complexity index is 689. The summed E-state index contributed by atoms with van der Waals surface area (Å²) in [6.45, 7) is 1.31. The molecular formula is C14H11F2NO4. The van der Waals surface area contributed by atoms with Gasteiger partial charge in [0.1, 0.15) is 11.6 Å². The number of para-hydroxylation sites is 1. The van der Waals surface area contributed by atoms with E-state index in [-0.39, 0.29) is 11.3 Å². The van der Waals surface area contributed by atoms with Crippen LogP contribution < -0.4 is 4.74 Å². The maximum absolute atomic E-state index is 13.7. The molecule has 2 aromatic rings. The van der Waals surface area contributed by atoms with Gasteiger partial charge in [-0.25, -0.2) is 8.78 Å². The molecule has 2 rings (SSSR count). The van der Waals surface area contributed by atoms with Gasteiger partial charge in [0.05, 0.1) is 16.6 Å². The van der Waals surface area contributed by atoms with Crippen molar-refractivity contribution in [2.24, 2.45) is 0 Å². The van der Waals surface area contributed by atoms with Crippen molar-refractivity contribution >= 4 is 5.69 Å². The second kappa shape index (κ2) is 5.84. The Balaban J connectivity index is 2.54. The van der Waals surface area contributed by atoms with Crippen molar-refractivity contribution in [1.29, 1.82) is 0 Å². The molecule has 0 aliphatic carbocycles. The second-order valence-electron chi connectivity index (χ2n) is 4.27. The predicted molar refractivity (Wildman–Crippen MR) is 70.2 cm³/mol. The molecule has 1 atom stereocenters. The molecule has 0 amide bonds. The van der Waals surface area contributed by atoms with Gasteiger partial charge in [0.2, 0.25) is 5.75 Å². The summed E-state index contributed by atoms with van der Waals surface area (Å²) in [5.41, 5.74) is -0.786. The molecular weight excluding hydrogens is 284 g/mol. The first-order valence-electron chi connectivity index (χ1n) is 5.99. The van der Waals surface area contributed by atoms with Crippen LogP contribution in [0.4, 0.5) is 14.5 Å². The lowest BCUT2D eigenvalue weighted by atomic mass is 10.1.